The number of carbonyl (C=O) groups excluding carboxylic acids is 2. The molecule has 0 saturated heterocycles. The second kappa shape index (κ2) is 9.90. The number of amides is 2. The summed E-state index contributed by atoms with van der Waals surface area (Å²) >= 11 is 7.31. The van der Waals surface area contributed by atoms with Crippen molar-refractivity contribution in [2.45, 2.75) is 17.1 Å². The number of halogens is 1. The highest BCUT2D eigenvalue weighted by Crippen LogP contribution is 2.27. The van der Waals surface area contributed by atoms with E-state index in [0.717, 1.165) is 15.7 Å². The zero-order chi connectivity index (χ0) is 22.5. The van der Waals surface area contributed by atoms with E-state index >= 15 is 0 Å². The molecule has 4 aromatic carbocycles. The Kier molecular flexibility index (Phi) is 6.78. The van der Waals surface area contributed by atoms with E-state index in [1.165, 1.54) is 11.8 Å². The van der Waals surface area contributed by atoms with Crippen LogP contribution in [0.1, 0.15) is 17.3 Å². The van der Waals surface area contributed by atoms with E-state index in [2.05, 4.69) is 10.6 Å². The number of benzene rings is 4. The van der Waals surface area contributed by atoms with Crippen LogP contribution in [0.2, 0.25) is 5.02 Å². The molecule has 32 heavy (non-hydrogen) atoms. The summed E-state index contributed by atoms with van der Waals surface area (Å²) in [6.45, 7) is 1.84. The van der Waals surface area contributed by atoms with Crippen molar-refractivity contribution < 1.29 is 9.59 Å². The van der Waals surface area contributed by atoms with Crippen molar-refractivity contribution >= 4 is 57.3 Å². The van der Waals surface area contributed by atoms with Gasteiger partial charge in [0.15, 0.2) is 0 Å². The highest BCUT2D eigenvalue weighted by molar-refractivity contribution is 8.00. The molecule has 0 aromatic heterocycles. The van der Waals surface area contributed by atoms with Gasteiger partial charge in [0.1, 0.15) is 0 Å². The average molecular weight is 461 g/mol. The van der Waals surface area contributed by atoms with Gasteiger partial charge in [0, 0.05) is 26.9 Å². The predicted octanol–water partition coefficient (Wildman–Crippen LogP) is 6.86. The SMILES string of the molecule is CC(Sc1cccc(NC(=O)c2ccc3ccccc3c2)c1)C(=O)Nc1ccc(Cl)cc1. The molecule has 160 valence electrons. The second-order valence-corrected chi connectivity index (χ2v) is 9.15. The van der Waals surface area contributed by atoms with Crippen LogP contribution in [0, 0.1) is 0 Å². The smallest absolute Gasteiger partial charge is 0.255 e. The van der Waals surface area contributed by atoms with Gasteiger partial charge in [-0.1, -0.05) is 48.0 Å². The quantitative estimate of drug-likeness (QED) is 0.309. The van der Waals surface area contributed by atoms with Crippen LogP contribution in [0.4, 0.5) is 11.4 Å². The predicted molar refractivity (Wildman–Crippen MR) is 134 cm³/mol. The molecule has 1 atom stereocenters. The van der Waals surface area contributed by atoms with Gasteiger partial charge in [-0.15, -0.1) is 11.8 Å². The summed E-state index contributed by atoms with van der Waals surface area (Å²) in [5, 5.41) is 8.24. The molecule has 4 aromatic rings. The molecule has 6 heteroatoms. The van der Waals surface area contributed by atoms with Crippen LogP contribution in [0.5, 0.6) is 0 Å². The standard InChI is InChI=1S/C26H21ClN2O2S/c1-17(25(30)28-22-13-11-21(27)12-14-22)32-24-8-4-7-23(16-24)29-26(31)20-10-9-18-5-2-3-6-19(18)15-20/h2-17H,1H3,(H,28,30)(H,29,31). The third kappa shape index (κ3) is 5.49. The van der Waals surface area contributed by atoms with Crippen LogP contribution in [-0.4, -0.2) is 17.1 Å². The monoisotopic (exact) mass is 460 g/mol. The normalized spacial score (nSPS) is 11.7. The maximum absolute atomic E-state index is 12.7. The summed E-state index contributed by atoms with van der Waals surface area (Å²) in [6, 6.07) is 28.1. The van der Waals surface area contributed by atoms with Crippen LogP contribution in [0.3, 0.4) is 0 Å². The third-order valence-corrected chi connectivity index (χ3v) is 6.24. The van der Waals surface area contributed by atoms with Gasteiger partial charge in [0.2, 0.25) is 5.91 Å². The fraction of sp³-hybridized carbons (Fsp3) is 0.0769. The first-order valence-electron chi connectivity index (χ1n) is 10.1. The topological polar surface area (TPSA) is 58.2 Å². The van der Waals surface area contributed by atoms with Crippen molar-refractivity contribution in [3.8, 4) is 0 Å². The highest BCUT2D eigenvalue weighted by atomic mass is 35.5. The first kappa shape index (κ1) is 21.9. The van der Waals surface area contributed by atoms with Crippen molar-refractivity contribution in [2.24, 2.45) is 0 Å². The van der Waals surface area contributed by atoms with Gasteiger partial charge in [0.05, 0.1) is 5.25 Å². The number of thioether (sulfide) groups is 1. The first-order chi connectivity index (χ1) is 15.5. The Morgan fingerprint density at radius 1 is 0.781 bits per heavy atom. The van der Waals surface area contributed by atoms with Crippen LogP contribution in [-0.2, 0) is 4.79 Å². The molecule has 0 spiro atoms. The number of nitrogens with one attached hydrogen (secondary N) is 2. The number of fused-ring (bicyclic) bond motifs is 1. The Bertz CT molecular complexity index is 1270. The van der Waals surface area contributed by atoms with Crippen LogP contribution >= 0.6 is 23.4 Å². The molecule has 0 saturated carbocycles. The van der Waals surface area contributed by atoms with Crippen LogP contribution in [0.15, 0.2) is 95.9 Å². The lowest BCUT2D eigenvalue weighted by Gasteiger charge is -2.13. The van der Waals surface area contributed by atoms with E-state index in [0.29, 0.717) is 22.0 Å². The van der Waals surface area contributed by atoms with Gasteiger partial charge >= 0.3 is 0 Å². The van der Waals surface area contributed by atoms with Crippen molar-refractivity contribution in [1.29, 1.82) is 0 Å². The van der Waals surface area contributed by atoms with Crippen LogP contribution < -0.4 is 10.6 Å². The molecule has 0 aliphatic heterocycles. The number of carbonyl (C=O) groups is 2. The van der Waals surface area contributed by atoms with Gasteiger partial charge in [-0.05, 0) is 72.3 Å². The van der Waals surface area contributed by atoms with E-state index in [1.807, 2.05) is 73.7 Å². The molecule has 0 aliphatic rings. The molecular weight excluding hydrogens is 440 g/mol. The van der Waals surface area contributed by atoms with Crippen molar-refractivity contribution in [3.63, 3.8) is 0 Å². The van der Waals surface area contributed by atoms with E-state index in [4.69, 9.17) is 11.6 Å². The Morgan fingerprint density at radius 2 is 1.53 bits per heavy atom. The van der Waals surface area contributed by atoms with E-state index in [9.17, 15) is 9.59 Å². The molecule has 2 N–H and O–H groups in total. The summed E-state index contributed by atoms with van der Waals surface area (Å²) in [5.74, 6) is -0.283. The maximum atomic E-state index is 12.7. The van der Waals surface area contributed by atoms with E-state index < -0.39 is 0 Å². The summed E-state index contributed by atoms with van der Waals surface area (Å²) in [5.41, 5.74) is 1.97. The average Bonchev–Trinajstić information content (AvgIpc) is 2.80. The lowest BCUT2D eigenvalue weighted by Crippen LogP contribution is -2.22. The van der Waals surface area contributed by atoms with Gasteiger partial charge < -0.3 is 10.6 Å². The molecule has 4 nitrogen and oxygen atoms in total. The fourth-order valence-corrected chi connectivity index (χ4v) is 4.27. The highest BCUT2D eigenvalue weighted by Gasteiger charge is 2.15. The molecule has 4 rings (SSSR count). The minimum atomic E-state index is -0.322. The zero-order valence-corrected chi connectivity index (χ0v) is 18.9. The van der Waals surface area contributed by atoms with Crippen LogP contribution in [0.25, 0.3) is 10.8 Å². The molecule has 0 fully saturated rings. The first-order valence-corrected chi connectivity index (χ1v) is 11.4. The van der Waals surface area contributed by atoms with Crippen molar-refractivity contribution in [3.05, 3.63) is 102 Å². The molecule has 2 amide bonds. The van der Waals surface area contributed by atoms with Gasteiger partial charge in [-0.25, -0.2) is 0 Å². The summed E-state index contributed by atoms with van der Waals surface area (Å²) in [7, 11) is 0. The van der Waals surface area contributed by atoms with Crippen molar-refractivity contribution in [1.82, 2.24) is 0 Å². The lowest BCUT2D eigenvalue weighted by molar-refractivity contribution is -0.115. The molecule has 1 unspecified atom stereocenters. The van der Waals surface area contributed by atoms with Gasteiger partial charge in [-0.2, -0.15) is 0 Å². The summed E-state index contributed by atoms with van der Waals surface area (Å²) in [4.78, 5) is 26.1. The fourth-order valence-electron chi connectivity index (χ4n) is 3.22. The second-order valence-electron chi connectivity index (χ2n) is 7.30. The number of hydrogen-bond donors (Lipinski definition) is 2. The molecule has 0 radical (unpaired) electrons. The molecule has 0 bridgehead atoms. The van der Waals surface area contributed by atoms with Gasteiger partial charge in [0.25, 0.3) is 5.91 Å². The zero-order valence-electron chi connectivity index (χ0n) is 17.3. The minimum Gasteiger partial charge on any atom is -0.325 e. The van der Waals surface area contributed by atoms with Gasteiger partial charge in [-0.3, -0.25) is 9.59 Å². The lowest BCUT2D eigenvalue weighted by atomic mass is 10.1. The molecule has 0 heterocycles. The molecular formula is C26H21ClN2O2S. The summed E-state index contributed by atoms with van der Waals surface area (Å²) in [6.07, 6.45) is 0. The number of rotatable bonds is 6. The molecule has 0 aliphatic carbocycles. The van der Waals surface area contributed by atoms with E-state index in [-0.39, 0.29) is 17.1 Å². The van der Waals surface area contributed by atoms with E-state index in [1.54, 1.807) is 24.3 Å². The Hall–Kier alpha value is -3.28. The minimum absolute atomic E-state index is 0.108. The largest absolute Gasteiger partial charge is 0.325 e. The Labute approximate surface area is 196 Å². The third-order valence-electron chi connectivity index (χ3n) is 4.90. The summed E-state index contributed by atoms with van der Waals surface area (Å²) < 4.78 is 0. The number of hydrogen-bond acceptors (Lipinski definition) is 3. The Morgan fingerprint density at radius 3 is 2.31 bits per heavy atom. The maximum Gasteiger partial charge on any atom is 0.255 e. The number of anilines is 2. The van der Waals surface area contributed by atoms with Crippen molar-refractivity contribution in [2.75, 3.05) is 10.6 Å². The Balaban J connectivity index is 1.40.